The summed E-state index contributed by atoms with van der Waals surface area (Å²) in [6, 6.07) is 1.92. The maximum Gasteiger partial charge on any atom is 0.416 e. The third-order valence-corrected chi connectivity index (χ3v) is 4.25. The van der Waals surface area contributed by atoms with Gasteiger partial charge >= 0.3 is 6.18 Å². The number of nitrogens with one attached hydrogen (secondary N) is 1. The Balaban J connectivity index is 3.02. The molecule has 0 heterocycles. The first-order chi connectivity index (χ1) is 9.58. The molecule has 0 fully saturated rings. The van der Waals surface area contributed by atoms with Crippen molar-refractivity contribution in [1.29, 1.82) is 0 Å². The standard InChI is InChI=1S/C12H15F3N2O3S/c1-2-5-17-11(18)7-21(19,20)10-4-3-8(6-9(10)16)12(13,14)15/h3-4,6H,2,5,7,16H2,1H3,(H,17,18). The molecule has 21 heavy (non-hydrogen) atoms. The van der Waals surface area contributed by atoms with Crippen LogP contribution in [0, 0.1) is 0 Å². The first kappa shape index (κ1) is 17.3. The van der Waals surface area contributed by atoms with Gasteiger partial charge in [0, 0.05) is 6.54 Å². The zero-order valence-corrected chi connectivity index (χ0v) is 12.0. The molecule has 0 bridgehead atoms. The van der Waals surface area contributed by atoms with Gasteiger partial charge < -0.3 is 11.1 Å². The number of hydrogen-bond acceptors (Lipinski definition) is 4. The summed E-state index contributed by atoms with van der Waals surface area (Å²) in [4.78, 5) is 10.9. The number of nitrogen functional groups attached to an aromatic ring is 1. The molecule has 0 aliphatic rings. The van der Waals surface area contributed by atoms with Crippen molar-refractivity contribution in [2.75, 3.05) is 18.0 Å². The van der Waals surface area contributed by atoms with Crippen LogP contribution in [0.4, 0.5) is 18.9 Å². The second-order valence-corrected chi connectivity index (χ2v) is 6.32. The van der Waals surface area contributed by atoms with Crippen molar-refractivity contribution in [3.63, 3.8) is 0 Å². The number of alkyl halides is 3. The second-order valence-electron chi connectivity index (χ2n) is 4.36. The summed E-state index contributed by atoms with van der Waals surface area (Å²) in [6.45, 7) is 2.11. The maximum absolute atomic E-state index is 12.5. The molecule has 0 saturated heterocycles. The van der Waals surface area contributed by atoms with Gasteiger partial charge in [0.25, 0.3) is 0 Å². The Morgan fingerprint density at radius 1 is 1.33 bits per heavy atom. The van der Waals surface area contributed by atoms with Crippen LogP contribution in [-0.2, 0) is 20.8 Å². The van der Waals surface area contributed by atoms with Crippen molar-refractivity contribution < 1.29 is 26.4 Å². The highest BCUT2D eigenvalue weighted by molar-refractivity contribution is 7.92. The number of halogens is 3. The van der Waals surface area contributed by atoms with Crippen molar-refractivity contribution in [3.05, 3.63) is 23.8 Å². The Morgan fingerprint density at radius 2 is 1.95 bits per heavy atom. The molecule has 0 saturated carbocycles. The lowest BCUT2D eigenvalue weighted by Gasteiger charge is -2.11. The highest BCUT2D eigenvalue weighted by atomic mass is 32.2. The molecular weight excluding hydrogens is 309 g/mol. The molecule has 118 valence electrons. The minimum absolute atomic E-state index is 0.316. The van der Waals surface area contributed by atoms with E-state index in [2.05, 4.69) is 5.32 Å². The molecule has 0 unspecified atom stereocenters. The van der Waals surface area contributed by atoms with E-state index in [-0.39, 0.29) is 0 Å². The Morgan fingerprint density at radius 3 is 2.43 bits per heavy atom. The summed E-state index contributed by atoms with van der Waals surface area (Å²) in [5.41, 5.74) is 3.79. The minimum atomic E-state index is -4.62. The predicted molar refractivity (Wildman–Crippen MR) is 71.2 cm³/mol. The molecule has 0 radical (unpaired) electrons. The third-order valence-electron chi connectivity index (χ3n) is 2.57. The van der Waals surface area contributed by atoms with Gasteiger partial charge in [0.1, 0.15) is 5.75 Å². The number of anilines is 1. The van der Waals surface area contributed by atoms with Crippen LogP contribution in [0.5, 0.6) is 0 Å². The zero-order valence-electron chi connectivity index (χ0n) is 11.2. The summed E-state index contributed by atoms with van der Waals surface area (Å²) in [7, 11) is -4.09. The van der Waals surface area contributed by atoms with Crippen molar-refractivity contribution in [2.24, 2.45) is 0 Å². The summed E-state index contributed by atoms with van der Waals surface area (Å²) < 4.78 is 61.4. The summed E-state index contributed by atoms with van der Waals surface area (Å²) in [5.74, 6) is -1.58. The summed E-state index contributed by atoms with van der Waals surface area (Å²) in [5, 5.41) is 2.37. The molecule has 5 nitrogen and oxygen atoms in total. The Labute approximate surface area is 120 Å². The third kappa shape index (κ3) is 4.62. The molecule has 1 amide bonds. The number of carbonyl (C=O) groups is 1. The van der Waals surface area contributed by atoms with Crippen molar-refractivity contribution in [2.45, 2.75) is 24.4 Å². The lowest BCUT2D eigenvalue weighted by atomic mass is 10.2. The Hall–Kier alpha value is -1.77. The van der Waals surface area contributed by atoms with Gasteiger partial charge in [0.2, 0.25) is 5.91 Å². The van der Waals surface area contributed by atoms with Crippen LogP contribution in [0.2, 0.25) is 0 Å². The fourth-order valence-corrected chi connectivity index (χ4v) is 2.87. The SMILES string of the molecule is CCCNC(=O)CS(=O)(=O)c1ccc(C(F)(F)F)cc1N. The van der Waals surface area contributed by atoms with Crippen molar-refractivity contribution in [1.82, 2.24) is 5.32 Å². The second kappa shape index (κ2) is 6.33. The van der Waals surface area contributed by atoms with Crippen LogP contribution < -0.4 is 11.1 Å². The number of hydrogen-bond donors (Lipinski definition) is 2. The maximum atomic E-state index is 12.5. The van der Waals surface area contributed by atoms with E-state index in [9.17, 15) is 26.4 Å². The molecule has 1 rings (SSSR count). The van der Waals surface area contributed by atoms with E-state index in [1.54, 1.807) is 6.92 Å². The Kier molecular flexibility index (Phi) is 5.21. The van der Waals surface area contributed by atoms with Gasteiger partial charge in [-0.1, -0.05) is 6.92 Å². The smallest absolute Gasteiger partial charge is 0.398 e. The van der Waals surface area contributed by atoms with Gasteiger partial charge in [-0.3, -0.25) is 4.79 Å². The molecule has 0 atom stereocenters. The molecule has 1 aromatic rings. The van der Waals surface area contributed by atoms with Gasteiger partial charge in [-0.15, -0.1) is 0 Å². The van der Waals surface area contributed by atoms with Gasteiger partial charge in [0.05, 0.1) is 16.1 Å². The lowest BCUT2D eigenvalue weighted by Crippen LogP contribution is -2.31. The molecule has 0 aromatic heterocycles. The van der Waals surface area contributed by atoms with E-state index < -0.39 is 43.8 Å². The predicted octanol–water partition coefficient (Wildman–Crippen LogP) is 1.59. The van der Waals surface area contributed by atoms with E-state index in [4.69, 9.17) is 5.73 Å². The largest absolute Gasteiger partial charge is 0.416 e. The number of carbonyl (C=O) groups excluding carboxylic acids is 1. The molecular formula is C12H15F3N2O3S. The number of sulfone groups is 1. The number of rotatable bonds is 5. The molecule has 1 aromatic carbocycles. The van der Waals surface area contributed by atoms with Gasteiger partial charge in [-0.05, 0) is 24.6 Å². The number of amides is 1. The molecule has 0 spiro atoms. The number of nitrogens with two attached hydrogens (primary N) is 1. The average Bonchev–Trinajstić information content (AvgIpc) is 2.34. The molecule has 9 heteroatoms. The highest BCUT2D eigenvalue weighted by Gasteiger charge is 2.32. The average molecular weight is 324 g/mol. The zero-order chi connectivity index (χ0) is 16.3. The first-order valence-corrected chi connectivity index (χ1v) is 7.69. The van der Waals surface area contributed by atoms with Crippen LogP contribution >= 0.6 is 0 Å². The van der Waals surface area contributed by atoms with Crippen molar-refractivity contribution in [3.8, 4) is 0 Å². The van der Waals surface area contributed by atoms with E-state index in [1.807, 2.05) is 0 Å². The van der Waals surface area contributed by atoms with Crippen LogP contribution in [0.3, 0.4) is 0 Å². The fraction of sp³-hybridized carbons (Fsp3) is 0.417. The van der Waals surface area contributed by atoms with Crippen LogP contribution in [0.1, 0.15) is 18.9 Å². The highest BCUT2D eigenvalue weighted by Crippen LogP contribution is 2.32. The van der Waals surface area contributed by atoms with Crippen molar-refractivity contribution >= 4 is 21.4 Å². The quantitative estimate of drug-likeness (QED) is 0.805. The van der Waals surface area contributed by atoms with E-state index in [0.29, 0.717) is 25.1 Å². The summed E-state index contributed by atoms with van der Waals surface area (Å²) in [6.07, 6.45) is -3.98. The Bertz CT molecular complexity index is 627. The fourth-order valence-electron chi connectivity index (χ4n) is 1.57. The van der Waals surface area contributed by atoms with Gasteiger partial charge in [-0.2, -0.15) is 13.2 Å². The van der Waals surface area contributed by atoms with Gasteiger partial charge in [-0.25, -0.2) is 8.42 Å². The van der Waals surface area contributed by atoms with Crippen LogP contribution in [0.15, 0.2) is 23.1 Å². The van der Waals surface area contributed by atoms with E-state index in [0.717, 1.165) is 6.07 Å². The first-order valence-electron chi connectivity index (χ1n) is 6.04. The van der Waals surface area contributed by atoms with Crippen LogP contribution in [0.25, 0.3) is 0 Å². The van der Waals surface area contributed by atoms with E-state index in [1.165, 1.54) is 0 Å². The molecule has 0 aliphatic carbocycles. The molecule has 3 N–H and O–H groups in total. The topological polar surface area (TPSA) is 89.3 Å². The number of benzene rings is 1. The summed E-state index contributed by atoms with van der Waals surface area (Å²) >= 11 is 0. The van der Waals surface area contributed by atoms with E-state index >= 15 is 0 Å². The monoisotopic (exact) mass is 324 g/mol. The molecule has 0 aliphatic heterocycles. The van der Waals surface area contributed by atoms with Gasteiger partial charge in [0.15, 0.2) is 9.84 Å². The minimum Gasteiger partial charge on any atom is -0.398 e. The normalized spacial score (nSPS) is 12.2. The van der Waals surface area contributed by atoms with Crippen LogP contribution in [-0.4, -0.2) is 26.6 Å². The lowest BCUT2D eigenvalue weighted by molar-refractivity contribution is -0.137.